The molecule has 1 aromatic heterocycles. The van der Waals surface area contributed by atoms with Gasteiger partial charge in [0.25, 0.3) is 5.91 Å². The summed E-state index contributed by atoms with van der Waals surface area (Å²) in [5, 5.41) is 18.7. The lowest BCUT2D eigenvalue weighted by Gasteiger charge is -2.06. The number of azo groups is 1. The molecule has 1 fully saturated rings. The Kier molecular flexibility index (Phi) is 5.26. The SMILES string of the molecule is CCOC(=O)Cn1c(O)c(N=NC(=O)[C@]2(C)CC2(Cl)Cl)c2cc(Br)ccc21. The maximum absolute atomic E-state index is 12.3. The van der Waals surface area contributed by atoms with Crippen LogP contribution in [0.4, 0.5) is 5.69 Å². The van der Waals surface area contributed by atoms with Crippen LogP contribution in [-0.2, 0) is 20.9 Å². The number of hydrogen-bond acceptors (Lipinski definition) is 5. The van der Waals surface area contributed by atoms with Crippen LogP contribution in [0.25, 0.3) is 10.9 Å². The van der Waals surface area contributed by atoms with E-state index >= 15 is 0 Å². The van der Waals surface area contributed by atoms with Crippen molar-refractivity contribution in [3.8, 4) is 5.88 Å². The second-order valence-corrected chi connectivity index (χ2v) is 8.84. The van der Waals surface area contributed by atoms with Gasteiger partial charge >= 0.3 is 5.97 Å². The van der Waals surface area contributed by atoms with Gasteiger partial charge in [0.05, 0.1) is 17.5 Å². The van der Waals surface area contributed by atoms with E-state index in [4.69, 9.17) is 27.9 Å². The molecule has 1 aliphatic carbocycles. The number of carbonyl (C=O) groups is 2. The summed E-state index contributed by atoms with van der Waals surface area (Å²) in [7, 11) is 0. The number of ether oxygens (including phenoxy) is 1. The zero-order valence-corrected chi connectivity index (χ0v) is 17.6. The quantitative estimate of drug-likeness (QED) is 0.378. The number of fused-ring (bicyclic) bond motifs is 1. The van der Waals surface area contributed by atoms with Gasteiger partial charge < -0.3 is 9.84 Å². The van der Waals surface area contributed by atoms with Crippen LogP contribution in [0.5, 0.6) is 5.88 Å². The number of rotatable bonds is 5. The Morgan fingerprint density at radius 2 is 2.07 bits per heavy atom. The van der Waals surface area contributed by atoms with E-state index < -0.39 is 21.6 Å². The highest BCUT2D eigenvalue weighted by Gasteiger charge is 2.68. The summed E-state index contributed by atoms with van der Waals surface area (Å²) in [6.07, 6.45) is 0.281. The molecule has 10 heteroatoms. The summed E-state index contributed by atoms with van der Waals surface area (Å²) in [5.41, 5.74) is -0.381. The van der Waals surface area contributed by atoms with Crippen LogP contribution in [0.1, 0.15) is 20.3 Å². The average molecular weight is 477 g/mol. The van der Waals surface area contributed by atoms with Gasteiger partial charge in [-0.2, -0.15) is 0 Å². The van der Waals surface area contributed by atoms with Crippen molar-refractivity contribution in [1.29, 1.82) is 0 Å². The maximum atomic E-state index is 12.3. The number of carbonyl (C=O) groups excluding carboxylic acids is 2. The molecule has 7 nitrogen and oxygen atoms in total. The third-order valence-electron chi connectivity index (χ3n) is 4.54. The van der Waals surface area contributed by atoms with Crippen LogP contribution in [0.15, 0.2) is 32.9 Å². The molecule has 1 amide bonds. The highest BCUT2D eigenvalue weighted by molar-refractivity contribution is 9.10. The minimum Gasteiger partial charge on any atom is -0.493 e. The van der Waals surface area contributed by atoms with Gasteiger partial charge in [0, 0.05) is 9.86 Å². The van der Waals surface area contributed by atoms with Crippen molar-refractivity contribution in [3.63, 3.8) is 0 Å². The summed E-state index contributed by atoms with van der Waals surface area (Å²) in [6.45, 7) is 3.32. The van der Waals surface area contributed by atoms with Crippen molar-refractivity contribution in [3.05, 3.63) is 22.7 Å². The lowest BCUT2D eigenvalue weighted by molar-refractivity contribution is -0.143. The molecule has 144 valence electrons. The van der Waals surface area contributed by atoms with Crippen LogP contribution in [0, 0.1) is 5.41 Å². The first-order valence-electron chi connectivity index (χ1n) is 8.11. The summed E-state index contributed by atoms with van der Waals surface area (Å²) in [4.78, 5) is 24.2. The molecule has 1 aliphatic rings. The number of aromatic hydroxyl groups is 1. The van der Waals surface area contributed by atoms with Crippen LogP contribution >= 0.6 is 39.1 Å². The molecule has 0 spiro atoms. The van der Waals surface area contributed by atoms with Crippen molar-refractivity contribution in [2.75, 3.05) is 6.61 Å². The van der Waals surface area contributed by atoms with E-state index in [9.17, 15) is 14.7 Å². The first kappa shape index (κ1) is 20.1. The second kappa shape index (κ2) is 7.07. The number of benzene rings is 1. The Morgan fingerprint density at radius 3 is 2.67 bits per heavy atom. The summed E-state index contributed by atoms with van der Waals surface area (Å²) >= 11 is 15.3. The van der Waals surface area contributed by atoms with Gasteiger partial charge in [0.2, 0.25) is 5.88 Å². The van der Waals surface area contributed by atoms with Crippen LogP contribution in [0.2, 0.25) is 0 Å². The van der Waals surface area contributed by atoms with Gasteiger partial charge in [-0.25, -0.2) is 0 Å². The van der Waals surface area contributed by atoms with Crippen molar-refractivity contribution >= 4 is 67.6 Å². The summed E-state index contributed by atoms with van der Waals surface area (Å²) < 4.78 is 5.87. The van der Waals surface area contributed by atoms with Crippen molar-refractivity contribution in [2.45, 2.75) is 31.1 Å². The van der Waals surface area contributed by atoms with E-state index in [1.54, 1.807) is 32.0 Å². The monoisotopic (exact) mass is 475 g/mol. The number of hydrogen-bond donors (Lipinski definition) is 1. The van der Waals surface area contributed by atoms with Crippen molar-refractivity contribution < 1.29 is 19.4 Å². The summed E-state index contributed by atoms with van der Waals surface area (Å²) in [6, 6.07) is 5.18. The Morgan fingerprint density at radius 1 is 1.41 bits per heavy atom. The van der Waals surface area contributed by atoms with Gasteiger partial charge in [0.1, 0.15) is 10.9 Å². The molecule has 0 unspecified atom stereocenters. The number of esters is 1. The minimum absolute atomic E-state index is 0.0722. The Balaban J connectivity index is 2.01. The first-order chi connectivity index (χ1) is 12.6. The number of alkyl halides is 2. The Labute approximate surface area is 173 Å². The van der Waals surface area contributed by atoms with Crippen molar-refractivity contribution in [1.82, 2.24) is 4.57 Å². The molecule has 1 saturated carbocycles. The molecule has 1 aromatic carbocycles. The van der Waals surface area contributed by atoms with Crippen LogP contribution in [0.3, 0.4) is 0 Å². The fraction of sp³-hybridized carbons (Fsp3) is 0.412. The molecule has 0 bridgehead atoms. The predicted octanol–water partition coefficient (Wildman–Crippen LogP) is 4.87. The van der Waals surface area contributed by atoms with E-state index in [-0.39, 0.29) is 31.1 Å². The second-order valence-electron chi connectivity index (χ2n) is 6.44. The number of aromatic nitrogens is 1. The number of nitrogens with zero attached hydrogens (tertiary/aromatic N) is 3. The van der Waals surface area contributed by atoms with E-state index in [2.05, 4.69) is 26.2 Å². The molecule has 3 rings (SSSR count). The minimum atomic E-state index is -1.16. The Hall–Kier alpha value is -1.64. The molecule has 0 aliphatic heterocycles. The van der Waals surface area contributed by atoms with E-state index in [0.29, 0.717) is 10.9 Å². The van der Waals surface area contributed by atoms with E-state index in [0.717, 1.165) is 4.47 Å². The molecule has 2 aromatic rings. The third-order valence-corrected chi connectivity index (χ3v) is 6.13. The highest BCUT2D eigenvalue weighted by atomic mass is 79.9. The fourth-order valence-electron chi connectivity index (χ4n) is 2.73. The summed E-state index contributed by atoms with van der Waals surface area (Å²) in [5.74, 6) is -1.38. The van der Waals surface area contributed by atoms with Gasteiger partial charge in [-0.15, -0.1) is 33.4 Å². The lowest BCUT2D eigenvalue weighted by atomic mass is 10.1. The average Bonchev–Trinajstić information content (AvgIpc) is 3.01. The molecule has 0 saturated heterocycles. The van der Waals surface area contributed by atoms with E-state index in [1.807, 2.05) is 0 Å². The Bertz CT molecular complexity index is 973. The molecule has 1 atom stereocenters. The smallest absolute Gasteiger partial charge is 0.326 e. The van der Waals surface area contributed by atoms with Crippen molar-refractivity contribution in [2.24, 2.45) is 15.6 Å². The zero-order chi connectivity index (χ0) is 20.0. The first-order valence-corrected chi connectivity index (χ1v) is 9.66. The topological polar surface area (TPSA) is 93.2 Å². The molecular formula is C17H16BrCl2N3O4. The van der Waals surface area contributed by atoms with Gasteiger partial charge in [0.15, 0.2) is 5.69 Å². The van der Waals surface area contributed by atoms with Gasteiger partial charge in [-0.05, 0) is 38.5 Å². The fourth-order valence-corrected chi connectivity index (χ4v) is 3.79. The molecular weight excluding hydrogens is 461 g/mol. The third kappa shape index (κ3) is 3.58. The lowest BCUT2D eigenvalue weighted by Crippen LogP contribution is -2.15. The van der Waals surface area contributed by atoms with Gasteiger partial charge in [-0.1, -0.05) is 15.9 Å². The van der Waals surface area contributed by atoms with Crippen LogP contribution in [-0.4, -0.2) is 32.5 Å². The molecule has 1 N–H and O–H groups in total. The molecule has 1 heterocycles. The standard InChI is InChI=1S/C17H16BrCl2N3O4/c1-3-27-12(24)7-23-11-5-4-9(18)6-10(11)13(14(23)25)21-22-15(26)16(2)8-17(16,19)20/h4-6,25H,3,7-8H2,1-2H3/t16-/m0/s1. The van der Waals surface area contributed by atoms with E-state index in [1.165, 1.54) is 4.57 Å². The maximum Gasteiger partial charge on any atom is 0.326 e. The zero-order valence-electron chi connectivity index (χ0n) is 14.5. The number of amides is 1. The number of halogens is 3. The molecule has 27 heavy (non-hydrogen) atoms. The van der Waals surface area contributed by atoms with Gasteiger partial charge in [-0.3, -0.25) is 14.2 Å². The highest BCUT2D eigenvalue weighted by Crippen LogP contribution is 2.64. The van der Waals surface area contributed by atoms with Crippen LogP contribution < -0.4 is 0 Å². The molecule has 0 radical (unpaired) electrons. The largest absolute Gasteiger partial charge is 0.493 e. The predicted molar refractivity (Wildman–Crippen MR) is 105 cm³/mol. The normalized spacial score (nSPS) is 20.9.